The van der Waals surface area contributed by atoms with Crippen LogP contribution in [0.4, 0.5) is 0 Å². The van der Waals surface area contributed by atoms with Gasteiger partial charge < -0.3 is 5.11 Å². The second-order valence-corrected chi connectivity index (χ2v) is 5.64. The number of aliphatic hydroxyl groups excluding tert-OH is 1. The highest BCUT2D eigenvalue weighted by Crippen LogP contribution is 2.34. The molecular weight excluding hydrogens is 224 g/mol. The molecule has 0 aromatic carbocycles. The quantitative estimate of drug-likeness (QED) is 0.872. The number of nitrogens with zero attached hydrogens (tertiary/aromatic N) is 2. The van der Waals surface area contributed by atoms with Crippen molar-refractivity contribution in [3.8, 4) is 0 Å². The van der Waals surface area contributed by atoms with Crippen molar-refractivity contribution < 1.29 is 5.11 Å². The van der Waals surface area contributed by atoms with E-state index in [4.69, 9.17) is 0 Å². The fourth-order valence-corrected chi connectivity index (χ4v) is 3.24. The monoisotopic (exact) mass is 250 g/mol. The fraction of sp³-hybridized carbons (Fsp3) is 0.800. The van der Waals surface area contributed by atoms with Gasteiger partial charge in [-0.05, 0) is 37.7 Å². The molecule has 1 aliphatic carbocycles. The van der Waals surface area contributed by atoms with Gasteiger partial charge in [0, 0.05) is 18.7 Å². The van der Waals surface area contributed by atoms with E-state index < -0.39 is 0 Å². The van der Waals surface area contributed by atoms with Gasteiger partial charge in [0.1, 0.15) is 0 Å². The molecule has 1 saturated carbocycles. The van der Waals surface area contributed by atoms with Crippen LogP contribution < -0.4 is 0 Å². The Kier molecular flexibility index (Phi) is 4.44. The van der Waals surface area contributed by atoms with Crippen LogP contribution in [0, 0.1) is 11.8 Å². The average molecular weight is 250 g/mol. The van der Waals surface area contributed by atoms with Crippen LogP contribution in [0.15, 0.2) is 6.07 Å². The molecule has 0 saturated heterocycles. The second kappa shape index (κ2) is 5.87. The number of aryl methyl sites for hydroxylation is 2. The molecule has 18 heavy (non-hydrogen) atoms. The summed E-state index contributed by atoms with van der Waals surface area (Å²) in [6.07, 6.45) is 5.26. The largest absolute Gasteiger partial charge is 0.392 e. The lowest BCUT2D eigenvalue weighted by atomic mass is 9.89. The molecule has 102 valence electrons. The Labute approximate surface area is 110 Å². The molecule has 3 atom stereocenters. The Morgan fingerprint density at radius 2 is 2.22 bits per heavy atom. The smallest absolute Gasteiger partial charge is 0.0626 e. The minimum absolute atomic E-state index is 0.200. The summed E-state index contributed by atoms with van der Waals surface area (Å²) in [6.45, 7) is 7.40. The van der Waals surface area contributed by atoms with E-state index in [-0.39, 0.29) is 6.10 Å². The molecule has 3 heteroatoms. The van der Waals surface area contributed by atoms with Crippen molar-refractivity contribution in [1.29, 1.82) is 0 Å². The molecule has 0 spiro atoms. The van der Waals surface area contributed by atoms with Crippen molar-refractivity contribution >= 4 is 0 Å². The predicted octanol–water partition coefficient (Wildman–Crippen LogP) is 2.81. The number of rotatable bonds is 5. The van der Waals surface area contributed by atoms with Crippen molar-refractivity contribution in [2.75, 3.05) is 0 Å². The highest BCUT2D eigenvalue weighted by Gasteiger charge is 2.30. The average Bonchev–Trinajstić information content (AvgIpc) is 2.95. The van der Waals surface area contributed by atoms with Gasteiger partial charge in [-0.2, -0.15) is 5.10 Å². The summed E-state index contributed by atoms with van der Waals surface area (Å²) in [6, 6.07) is 2.16. The molecule has 0 bridgehead atoms. The first-order chi connectivity index (χ1) is 8.65. The Bertz CT molecular complexity index is 386. The molecule has 1 aromatic heterocycles. The van der Waals surface area contributed by atoms with Gasteiger partial charge in [-0.3, -0.25) is 4.68 Å². The number of hydrogen-bond acceptors (Lipinski definition) is 2. The Morgan fingerprint density at radius 1 is 1.44 bits per heavy atom. The zero-order chi connectivity index (χ0) is 13.1. The van der Waals surface area contributed by atoms with Gasteiger partial charge in [0.15, 0.2) is 0 Å². The van der Waals surface area contributed by atoms with Crippen LogP contribution in [-0.2, 0) is 19.4 Å². The van der Waals surface area contributed by atoms with Crippen molar-refractivity contribution in [1.82, 2.24) is 9.78 Å². The molecule has 1 aliphatic rings. The van der Waals surface area contributed by atoms with E-state index in [1.165, 1.54) is 25.0 Å². The summed E-state index contributed by atoms with van der Waals surface area (Å²) < 4.78 is 2.04. The van der Waals surface area contributed by atoms with Crippen LogP contribution >= 0.6 is 0 Å². The van der Waals surface area contributed by atoms with E-state index in [0.29, 0.717) is 11.8 Å². The maximum Gasteiger partial charge on any atom is 0.0626 e. The first-order valence-electron chi connectivity index (χ1n) is 7.39. The van der Waals surface area contributed by atoms with E-state index >= 15 is 0 Å². The standard InChI is InChI=1S/C15H26N2O/c1-4-12-9-13(17(5-2)16-12)10-15(18)14-8-6-7-11(14)3/h9,11,14-15,18H,4-8,10H2,1-3H3. The van der Waals surface area contributed by atoms with Crippen molar-refractivity contribution in [2.45, 2.75) is 65.5 Å². The van der Waals surface area contributed by atoms with Gasteiger partial charge >= 0.3 is 0 Å². The van der Waals surface area contributed by atoms with Gasteiger partial charge in [0.05, 0.1) is 11.8 Å². The van der Waals surface area contributed by atoms with E-state index in [1.54, 1.807) is 0 Å². The molecule has 0 aliphatic heterocycles. The molecule has 0 amide bonds. The lowest BCUT2D eigenvalue weighted by Gasteiger charge is -2.22. The maximum atomic E-state index is 10.4. The third-order valence-corrected chi connectivity index (χ3v) is 4.42. The summed E-state index contributed by atoms with van der Waals surface area (Å²) in [5, 5.41) is 15.0. The summed E-state index contributed by atoms with van der Waals surface area (Å²) in [5.74, 6) is 1.15. The van der Waals surface area contributed by atoms with Gasteiger partial charge in [-0.15, -0.1) is 0 Å². The molecule has 3 nitrogen and oxygen atoms in total. The summed E-state index contributed by atoms with van der Waals surface area (Å²) >= 11 is 0. The van der Waals surface area contributed by atoms with E-state index in [2.05, 4.69) is 31.9 Å². The third kappa shape index (κ3) is 2.77. The number of hydrogen-bond donors (Lipinski definition) is 1. The van der Waals surface area contributed by atoms with Gasteiger partial charge in [-0.1, -0.05) is 26.7 Å². The lowest BCUT2D eigenvalue weighted by Crippen LogP contribution is -2.26. The third-order valence-electron chi connectivity index (χ3n) is 4.42. The Morgan fingerprint density at radius 3 is 2.78 bits per heavy atom. The maximum absolute atomic E-state index is 10.4. The highest BCUT2D eigenvalue weighted by molar-refractivity contribution is 5.12. The van der Waals surface area contributed by atoms with E-state index in [0.717, 1.165) is 25.1 Å². The summed E-state index contributed by atoms with van der Waals surface area (Å²) in [5.41, 5.74) is 2.33. The predicted molar refractivity (Wildman–Crippen MR) is 73.5 cm³/mol. The number of aromatic nitrogens is 2. The minimum Gasteiger partial charge on any atom is -0.392 e. The van der Waals surface area contributed by atoms with Crippen molar-refractivity contribution in [3.05, 3.63) is 17.5 Å². The van der Waals surface area contributed by atoms with Crippen LogP contribution in [0.3, 0.4) is 0 Å². The van der Waals surface area contributed by atoms with Gasteiger partial charge in [0.2, 0.25) is 0 Å². The zero-order valence-corrected chi connectivity index (χ0v) is 11.9. The van der Waals surface area contributed by atoms with Gasteiger partial charge in [0.25, 0.3) is 0 Å². The first kappa shape index (κ1) is 13.6. The summed E-state index contributed by atoms with van der Waals surface area (Å²) in [4.78, 5) is 0. The molecule has 0 radical (unpaired) electrons. The lowest BCUT2D eigenvalue weighted by molar-refractivity contribution is 0.0882. The normalized spacial score (nSPS) is 25.6. The highest BCUT2D eigenvalue weighted by atomic mass is 16.3. The topological polar surface area (TPSA) is 38.0 Å². The molecule has 1 fully saturated rings. The van der Waals surface area contributed by atoms with Crippen LogP contribution in [0.5, 0.6) is 0 Å². The molecular formula is C15H26N2O. The van der Waals surface area contributed by atoms with E-state index in [9.17, 15) is 5.11 Å². The van der Waals surface area contributed by atoms with Crippen LogP contribution in [-0.4, -0.2) is 21.0 Å². The Balaban J connectivity index is 2.05. The first-order valence-corrected chi connectivity index (χ1v) is 7.39. The fourth-order valence-electron chi connectivity index (χ4n) is 3.24. The molecule has 1 aromatic rings. The molecule has 1 heterocycles. The second-order valence-electron chi connectivity index (χ2n) is 5.64. The molecule has 1 N–H and O–H groups in total. The molecule has 3 unspecified atom stereocenters. The zero-order valence-electron chi connectivity index (χ0n) is 11.9. The minimum atomic E-state index is -0.200. The molecule has 2 rings (SSSR count). The SMILES string of the molecule is CCc1cc(CC(O)C2CCCC2C)n(CC)n1. The van der Waals surface area contributed by atoms with Crippen molar-refractivity contribution in [3.63, 3.8) is 0 Å². The van der Waals surface area contributed by atoms with Crippen molar-refractivity contribution in [2.24, 2.45) is 11.8 Å². The van der Waals surface area contributed by atoms with Crippen LogP contribution in [0.25, 0.3) is 0 Å². The van der Waals surface area contributed by atoms with Crippen LogP contribution in [0.2, 0.25) is 0 Å². The van der Waals surface area contributed by atoms with Crippen LogP contribution in [0.1, 0.15) is 51.4 Å². The van der Waals surface area contributed by atoms with Gasteiger partial charge in [-0.25, -0.2) is 0 Å². The van der Waals surface area contributed by atoms with E-state index in [1.807, 2.05) is 4.68 Å². The summed E-state index contributed by atoms with van der Waals surface area (Å²) in [7, 11) is 0. The number of aliphatic hydroxyl groups is 1. The Hall–Kier alpha value is -0.830.